The molecule has 0 aromatic heterocycles. The molecule has 1 saturated heterocycles. The highest BCUT2D eigenvalue weighted by molar-refractivity contribution is 5.79. The third kappa shape index (κ3) is 3.76. The number of aldehydes is 1. The molecule has 1 aromatic rings. The lowest BCUT2D eigenvalue weighted by Gasteiger charge is -2.26. The van der Waals surface area contributed by atoms with Gasteiger partial charge in [0, 0.05) is 24.7 Å². The molecule has 8 nitrogen and oxygen atoms in total. The van der Waals surface area contributed by atoms with Gasteiger partial charge in [-0.25, -0.2) is 0 Å². The smallest absolute Gasteiger partial charge is 0.310 e. The van der Waals surface area contributed by atoms with Crippen LogP contribution in [0.4, 0.5) is 5.69 Å². The standard InChI is InChI=1S/C13H14N2O6/c16-8-10-1-2-11(15(18)19)12(7-10)21-9-13(17)14-3-5-20-6-4-14/h1-2,7-8H,3-6,9H2. The molecule has 0 radical (unpaired) electrons. The Balaban J connectivity index is 2.05. The Morgan fingerprint density at radius 3 is 2.76 bits per heavy atom. The molecule has 2 rings (SSSR count). The maximum atomic E-state index is 11.9. The van der Waals surface area contributed by atoms with Crippen LogP contribution < -0.4 is 4.74 Å². The number of carbonyl (C=O) groups excluding carboxylic acids is 2. The van der Waals surface area contributed by atoms with Crippen molar-refractivity contribution in [1.82, 2.24) is 4.90 Å². The van der Waals surface area contributed by atoms with E-state index in [2.05, 4.69) is 0 Å². The maximum absolute atomic E-state index is 11.9. The molecule has 1 aromatic carbocycles. The Morgan fingerprint density at radius 1 is 1.43 bits per heavy atom. The van der Waals surface area contributed by atoms with Crippen LogP contribution in [0.5, 0.6) is 5.75 Å². The normalized spacial score (nSPS) is 14.6. The molecule has 0 saturated carbocycles. The molecule has 0 N–H and O–H groups in total. The van der Waals surface area contributed by atoms with Crippen LogP contribution in [0, 0.1) is 10.1 Å². The van der Waals surface area contributed by atoms with Gasteiger partial charge in [0.25, 0.3) is 5.91 Å². The summed E-state index contributed by atoms with van der Waals surface area (Å²) in [6.45, 7) is 1.56. The SMILES string of the molecule is O=Cc1ccc([N+](=O)[O-])c(OCC(=O)N2CCOCC2)c1. The summed E-state index contributed by atoms with van der Waals surface area (Å²) in [5.41, 5.74) is -0.0372. The number of benzene rings is 1. The first kappa shape index (κ1) is 14.9. The van der Waals surface area contributed by atoms with E-state index in [0.29, 0.717) is 32.6 Å². The Kier molecular flexibility index (Phi) is 4.83. The van der Waals surface area contributed by atoms with E-state index in [9.17, 15) is 19.7 Å². The van der Waals surface area contributed by atoms with Gasteiger partial charge in [0.2, 0.25) is 0 Å². The Bertz CT molecular complexity index is 554. The number of ether oxygens (including phenoxy) is 2. The summed E-state index contributed by atoms with van der Waals surface area (Å²) in [5.74, 6) is -0.365. The van der Waals surface area contributed by atoms with Crippen molar-refractivity contribution in [3.63, 3.8) is 0 Å². The molecule has 1 amide bonds. The van der Waals surface area contributed by atoms with Gasteiger partial charge in [-0.15, -0.1) is 0 Å². The monoisotopic (exact) mass is 294 g/mol. The molecule has 1 aliphatic rings. The second kappa shape index (κ2) is 6.80. The molecule has 8 heteroatoms. The second-order valence-electron chi connectivity index (χ2n) is 4.38. The number of hydrogen-bond donors (Lipinski definition) is 0. The van der Waals surface area contributed by atoms with Gasteiger partial charge >= 0.3 is 5.69 Å². The predicted octanol–water partition coefficient (Wildman–Crippen LogP) is 0.645. The van der Waals surface area contributed by atoms with Crippen LogP contribution in [0.25, 0.3) is 0 Å². The van der Waals surface area contributed by atoms with Crippen molar-refractivity contribution < 1.29 is 24.0 Å². The number of nitro groups is 1. The quantitative estimate of drug-likeness (QED) is 0.449. The van der Waals surface area contributed by atoms with E-state index in [1.54, 1.807) is 4.90 Å². The first-order valence-electron chi connectivity index (χ1n) is 6.34. The summed E-state index contributed by atoms with van der Waals surface area (Å²) < 4.78 is 10.4. The van der Waals surface area contributed by atoms with E-state index in [1.807, 2.05) is 0 Å². The molecule has 0 unspecified atom stereocenters. The number of rotatable bonds is 5. The van der Waals surface area contributed by atoms with Crippen LogP contribution >= 0.6 is 0 Å². The number of nitrogens with zero attached hydrogens (tertiary/aromatic N) is 2. The topological polar surface area (TPSA) is 99.0 Å². The molecule has 0 spiro atoms. The molecule has 1 aliphatic heterocycles. The van der Waals surface area contributed by atoms with Crippen LogP contribution in [0.3, 0.4) is 0 Å². The molecule has 21 heavy (non-hydrogen) atoms. The van der Waals surface area contributed by atoms with Gasteiger partial charge in [-0.05, 0) is 12.1 Å². The largest absolute Gasteiger partial charge is 0.477 e. The molecular weight excluding hydrogens is 280 g/mol. The number of nitro benzene ring substituents is 1. The van der Waals surface area contributed by atoms with Crippen molar-refractivity contribution in [3.8, 4) is 5.75 Å². The summed E-state index contributed by atoms with van der Waals surface area (Å²) >= 11 is 0. The van der Waals surface area contributed by atoms with E-state index < -0.39 is 4.92 Å². The zero-order chi connectivity index (χ0) is 15.2. The summed E-state index contributed by atoms with van der Waals surface area (Å²) in [4.78, 5) is 34.5. The van der Waals surface area contributed by atoms with Crippen molar-refractivity contribution in [2.75, 3.05) is 32.9 Å². The highest BCUT2D eigenvalue weighted by Crippen LogP contribution is 2.27. The lowest BCUT2D eigenvalue weighted by Crippen LogP contribution is -2.43. The molecule has 112 valence electrons. The van der Waals surface area contributed by atoms with Crippen molar-refractivity contribution in [2.45, 2.75) is 0 Å². The minimum Gasteiger partial charge on any atom is -0.477 e. The van der Waals surface area contributed by atoms with Crippen molar-refractivity contribution in [3.05, 3.63) is 33.9 Å². The van der Waals surface area contributed by atoms with Gasteiger partial charge in [0.15, 0.2) is 12.4 Å². The number of amides is 1. The molecule has 0 atom stereocenters. The number of morpholine rings is 1. The van der Waals surface area contributed by atoms with Crippen LogP contribution in [0.1, 0.15) is 10.4 Å². The molecule has 1 fully saturated rings. The summed E-state index contributed by atoms with van der Waals surface area (Å²) in [7, 11) is 0. The van der Waals surface area contributed by atoms with E-state index in [4.69, 9.17) is 9.47 Å². The summed E-state index contributed by atoms with van der Waals surface area (Å²) in [6.07, 6.45) is 0.556. The lowest BCUT2D eigenvalue weighted by atomic mass is 10.2. The number of carbonyl (C=O) groups is 2. The fourth-order valence-corrected chi connectivity index (χ4v) is 1.91. The Labute approximate surface area is 120 Å². The van der Waals surface area contributed by atoms with Gasteiger partial charge in [-0.2, -0.15) is 0 Å². The average Bonchev–Trinajstić information content (AvgIpc) is 2.52. The predicted molar refractivity (Wildman–Crippen MR) is 71.4 cm³/mol. The zero-order valence-corrected chi connectivity index (χ0v) is 11.2. The average molecular weight is 294 g/mol. The van der Waals surface area contributed by atoms with Crippen LogP contribution in [0.2, 0.25) is 0 Å². The lowest BCUT2D eigenvalue weighted by molar-refractivity contribution is -0.385. The van der Waals surface area contributed by atoms with Crippen LogP contribution in [0.15, 0.2) is 18.2 Å². The van der Waals surface area contributed by atoms with Gasteiger partial charge in [-0.1, -0.05) is 0 Å². The van der Waals surface area contributed by atoms with Crippen LogP contribution in [-0.4, -0.2) is 54.9 Å². The second-order valence-corrected chi connectivity index (χ2v) is 4.38. The maximum Gasteiger partial charge on any atom is 0.310 e. The summed E-state index contributed by atoms with van der Waals surface area (Å²) in [5, 5.41) is 10.9. The minimum absolute atomic E-state index is 0.0915. The highest BCUT2D eigenvalue weighted by atomic mass is 16.6. The zero-order valence-electron chi connectivity index (χ0n) is 11.2. The van der Waals surface area contributed by atoms with Crippen LogP contribution in [-0.2, 0) is 9.53 Å². The van der Waals surface area contributed by atoms with E-state index in [1.165, 1.54) is 18.2 Å². The first-order valence-corrected chi connectivity index (χ1v) is 6.34. The minimum atomic E-state index is -0.622. The van der Waals surface area contributed by atoms with E-state index >= 15 is 0 Å². The fraction of sp³-hybridized carbons (Fsp3) is 0.385. The van der Waals surface area contributed by atoms with Gasteiger partial charge in [0.05, 0.1) is 18.1 Å². The third-order valence-corrected chi connectivity index (χ3v) is 3.03. The third-order valence-electron chi connectivity index (χ3n) is 3.03. The highest BCUT2D eigenvalue weighted by Gasteiger charge is 2.20. The summed E-state index contributed by atoms with van der Waals surface area (Å²) in [6, 6.07) is 3.75. The van der Waals surface area contributed by atoms with E-state index in [-0.39, 0.29) is 29.5 Å². The van der Waals surface area contributed by atoms with Crippen molar-refractivity contribution >= 4 is 17.9 Å². The molecule has 1 heterocycles. The van der Waals surface area contributed by atoms with Crippen molar-refractivity contribution in [2.24, 2.45) is 0 Å². The molecule has 0 bridgehead atoms. The number of hydrogen-bond acceptors (Lipinski definition) is 6. The van der Waals surface area contributed by atoms with Crippen molar-refractivity contribution in [1.29, 1.82) is 0 Å². The van der Waals surface area contributed by atoms with Gasteiger partial charge in [-0.3, -0.25) is 19.7 Å². The molecular formula is C13H14N2O6. The van der Waals surface area contributed by atoms with E-state index in [0.717, 1.165) is 0 Å². The molecule has 0 aliphatic carbocycles. The first-order chi connectivity index (χ1) is 10.1. The van der Waals surface area contributed by atoms with Gasteiger partial charge < -0.3 is 14.4 Å². The fourth-order valence-electron chi connectivity index (χ4n) is 1.91. The Morgan fingerprint density at radius 2 is 2.14 bits per heavy atom. The Hall–Kier alpha value is -2.48. The van der Waals surface area contributed by atoms with Gasteiger partial charge in [0.1, 0.15) is 6.29 Å².